The molecule has 2 aromatic carbocycles. The summed E-state index contributed by atoms with van der Waals surface area (Å²) in [6, 6.07) is 15.5. The van der Waals surface area contributed by atoms with Crippen LogP contribution < -0.4 is 4.90 Å². The number of thioether (sulfide) groups is 1. The van der Waals surface area contributed by atoms with Gasteiger partial charge in [0.05, 0.1) is 10.6 Å². The van der Waals surface area contributed by atoms with E-state index in [1.54, 1.807) is 12.2 Å². The van der Waals surface area contributed by atoms with E-state index in [4.69, 9.17) is 0 Å². The first-order valence-corrected chi connectivity index (χ1v) is 8.45. The van der Waals surface area contributed by atoms with Gasteiger partial charge in [-0.05, 0) is 48.9 Å². The molecule has 0 unspecified atom stereocenters. The molecule has 0 aromatic heterocycles. The van der Waals surface area contributed by atoms with Crippen molar-refractivity contribution < 1.29 is 9.59 Å². The van der Waals surface area contributed by atoms with Crippen molar-refractivity contribution in [3.8, 4) is 0 Å². The number of allylic oxidation sites excluding steroid dienone is 2. The van der Waals surface area contributed by atoms with E-state index in [0.717, 1.165) is 28.5 Å². The number of nitrogens with zero attached hydrogens (tertiary/aromatic N) is 1. The van der Waals surface area contributed by atoms with Crippen molar-refractivity contribution >= 4 is 34.7 Å². The second-order valence-corrected chi connectivity index (χ2v) is 6.59. The summed E-state index contributed by atoms with van der Waals surface area (Å²) < 4.78 is 0. The maximum atomic E-state index is 12.6. The summed E-state index contributed by atoms with van der Waals surface area (Å²) >= 11 is 0.972. The Bertz CT molecular complexity index is 853. The Morgan fingerprint density at radius 2 is 1.75 bits per heavy atom. The number of amides is 2. The average Bonchev–Trinajstić information content (AvgIpc) is 2.83. The van der Waals surface area contributed by atoms with Gasteiger partial charge in [-0.2, -0.15) is 0 Å². The Balaban J connectivity index is 1.84. The molecule has 3 rings (SSSR count). The van der Waals surface area contributed by atoms with Crippen LogP contribution in [0.15, 0.2) is 65.6 Å². The van der Waals surface area contributed by atoms with E-state index in [9.17, 15) is 9.59 Å². The molecule has 1 saturated heterocycles. The molecule has 4 heteroatoms. The van der Waals surface area contributed by atoms with Crippen molar-refractivity contribution in [1.29, 1.82) is 0 Å². The molecule has 1 fully saturated rings. The first-order valence-electron chi connectivity index (χ1n) is 7.63. The monoisotopic (exact) mass is 335 g/mol. The highest BCUT2D eigenvalue weighted by Gasteiger charge is 2.36. The molecule has 0 bridgehead atoms. The number of imide groups is 1. The van der Waals surface area contributed by atoms with Crippen molar-refractivity contribution in [2.75, 3.05) is 4.90 Å². The zero-order valence-corrected chi connectivity index (χ0v) is 14.3. The van der Waals surface area contributed by atoms with Crippen LogP contribution in [0.5, 0.6) is 0 Å². The van der Waals surface area contributed by atoms with Crippen molar-refractivity contribution in [1.82, 2.24) is 0 Å². The number of rotatable bonds is 3. The van der Waals surface area contributed by atoms with Crippen molar-refractivity contribution in [2.45, 2.75) is 13.8 Å². The molecule has 0 radical (unpaired) electrons. The first kappa shape index (κ1) is 16.3. The highest BCUT2D eigenvalue weighted by molar-refractivity contribution is 8.18. The molecule has 2 amide bonds. The van der Waals surface area contributed by atoms with Crippen LogP contribution in [0.25, 0.3) is 6.08 Å². The molecule has 0 atom stereocenters. The quantitative estimate of drug-likeness (QED) is 0.732. The summed E-state index contributed by atoms with van der Waals surface area (Å²) in [6.07, 6.45) is 5.40. The summed E-state index contributed by atoms with van der Waals surface area (Å²) in [5, 5.41) is -0.258. The fourth-order valence-electron chi connectivity index (χ4n) is 2.56. The van der Waals surface area contributed by atoms with Crippen LogP contribution in [0.1, 0.15) is 16.7 Å². The van der Waals surface area contributed by atoms with Crippen LogP contribution in [0.2, 0.25) is 0 Å². The number of benzene rings is 2. The van der Waals surface area contributed by atoms with Crippen LogP contribution in [-0.2, 0) is 4.79 Å². The van der Waals surface area contributed by atoms with Gasteiger partial charge in [0.2, 0.25) is 0 Å². The average molecular weight is 335 g/mol. The second-order valence-electron chi connectivity index (χ2n) is 5.60. The van der Waals surface area contributed by atoms with Crippen LogP contribution in [0, 0.1) is 13.8 Å². The fraction of sp³-hybridized carbons (Fsp3) is 0.100. The summed E-state index contributed by atoms with van der Waals surface area (Å²) in [7, 11) is 0. The third kappa shape index (κ3) is 3.34. The van der Waals surface area contributed by atoms with E-state index in [1.165, 1.54) is 4.90 Å². The summed E-state index contributed by atoms with van der Waals surface area (Å²) in [4.78, 5) is 26.5. The van der Waals surface area contributed by atoms with Gasteiger partial charge in [0.25, 0.3) is 11.1 Å². The number of anilines is 1. The van der Waals surface area contributed by atoms with Gasteiger partial charge >= 0.3 is 0 Å². The second kappa shape index (κ2) is 6.89. The molecule has 0 saturated carbocycles. The lowest BCUT2D eigenvalue weighted by molar-refractivity contribution is -0.113. The number of hydrogen-bond acceptors (Lipinski definition) is 3. The fourth-order valence-corrected chi connectivity index (χ4v) is 3.34. The van der Waals surface area contributed by atoms with E-state index >= 15 is 0 Å². The van der Waals surface area contributed by atoms with Crippen LogP contribution in [0.4, 0.5) is 10.5 Å². The minimum absolute atomic E-state index is 0.258. The molecule has 0 spiro atoms. The van der Waals surface area contributed by atoms with Crippen molar-refractivity contribution in [3.05, 3.63) is 82.3 Å². The number of hydrogen-bond donors (Lipinski definition) is 0. The Hall–Kier alpha value is -2.59. The smallest absolute Gasteiger partial charge is 0.268 e. The minimum Gasteiger partial charge on any atom is -0.268 e. The molecule has 1 aliphatic heterocycles. The number of aryl methyl sites for hydroxylation is 2. The SMILES string of the molecule is Cc1ccc(N2C(=O)S/C(=C\C=C\c3ccccc3)C2=O)c(C)c1. The molecule has 1 aliphatic rings. The van der Waals surface area contributed by atoms with Gasteiger partial charge in [0.1, 0.15) is 0 Å². The topological polar surface area (TPSA) is 37.4 Å². The lowest BCUT2D eigenvalue weighted by atomic mass is 10.1. The molecule has 24 heavy (non-hydrogen) atoms. The highest BCUT2D eigenvalue weighted by atomic mass is 32.2. The Morgan fingerprint density at radius 3 is 2.46 bits per heavy atom. The van der Waals surface area contributed by atoms with E-state index in [1.807, 2.05) is 68.5 Å². The lowest BCUT2D eigenvalue weighted by Crippen LogP contribution is -2.28. The van der Waals surface area contributed by atoms with E-state index < -0.39 is 0 Å². The zero-order valence-electron chi connectivity index (χ0n) is 13.5. The number of carbonyl (C=O) groups is 2. The molecule has 2 aromatic rings. The summed E-state index contributed by atoms with van der Waals surface area (Å²) in [5.74, 6) is -0.269. The zero-order chi connectivity index (χ0) is 17.1. The maximum Gasteiger partial charge on any atom is 0.298 e. The van der Waals surface area contributed by atoms with Gasteiger partial charge in [0, 0.05) is 0 Å². The third-order valence-electron chi connectivity index (χ3n) is 3.72. The molecule has 0 aliphatic carbocycles. The third-order valence-corrected chi connectivity index (χ3v) is 4.61. The predicted octanol–water partition coefficient (Wildman–Crippen LogP) is 5.10. The Morgan fingerprint density at radius 1 is 1.00 bits per heavy atom. The summed E-state index contributed by atoms with van der Waals surface area (Å²) in [5.41, 5.74) is 3.71. The molecule has 3 nitrogen and oxygen atoms in total. The van der Waals surface area contributed by atoms with Crippen LogP contribution in [0.3, 0.4) is 0 Å². The van der Waals surface area contributed by atoms with E-state index in [0.29, 0.717) is 10.6 Å². The van der Waals surface area contributed by atoms with Gasteiger partial charge in [-0.25, -0.2) is 4.90 Å². The van der Waals surface area contributed by atoms with E-state index in [2.05, 4.69) is 0 Å². The van der Waals surface area contributed by atoms with Crippen LogP contribution >= 0.6 is 11.8 Å². The molecular weight excluding hydrogens is 318 g/mol. The molecule has 0 N–H and O–H groups in total. The minimum atomic E-state index is -0.269. The normalized spacial score (nSPS) is 16.6. The van der Waals surface area contributed by atoms with Crippen molar-refractivity contribution in [2.24, 2.45) is 0 Å². The molecule has 1 heterocycles. The predicted molar refractivity (Wildman–Crippen MR) is 99.9 cm³/mol. The maximum absolute atomic E-state index is 12.6. The van der Waals surface area contributed by atoms with Crippen LogP contribution in [-0.4, -0.2) is 11.1 Å². The first-order chi connectivity index (χ1) is 11.6. The van der Waals surface area contributed by atoms with Gasteiger partial charge in [-0.15, -0.1) is 0 Å². The molecular formula is C20H17NO2S. The Kier molecular flexibility index (Phi) is 4.67. The Labute approximate surface area is 145 Å². The number of carbonyl (C=O) groups excluding carboxylic acids is 2. The summed E-state index contributed by atoms with van der Waals surface area (Å²) in [6.45, 7) is 3.89. The van der Waals surface area contributed by atoms with Gasteiger partial charge in [-0.1, -0.05) is 60.2 Å². The van der Waals surface area contributed by atoms with Crippen molar-refractivity contribution in [3.63, 3.8) is 0 Å². The van der Waals surface area contributed by atoms with Gasteiger partial charge in [-0.3, -0.25) is 9.59 Å². The molecule has 120 valence electrons. The lowest BCUT2D eigenvalue weighted by Gasteiger charge is -2.15. The highest BCUT2D eigenvalue weighted by Crippen LogP contribution is 2.36. The van der Waals surface area contributed by atoms with Gasteiger partial charge < -0.3 is 0 Å². The standard InChI is InChI=1S/C20H17NO2S/c1-14-11-12-17(15(2)13-14)21-19(22)18(24-20(21)23)10-6-9-16-7-4-3-5-8-16/h3-13H,1-2H3/b9-6+,18-10-. The van der Waals surface area contributed by atoms with Gasteiger partial charge in [0.15, 0.2) is 0 Å². The largest absolute Gasteiger partial charge is 0.298 e. The van der Waals surface area contributed by atoms with E-state index in [-0.39, 0.29) is 11.1 Å².